The molecule has 3 rings (SSSR count). The lowest BCUT2D eigenvalue weighted by molar-refractivity contribution is -0.129. The average molecular weight is 360 g/mol. The highest BCUT2D eigenvalue weighted by Gasteiger charge is 2.37. The first-order chi connectivity index (χ1) is 11.0. The van der Waals surface area contributed by atoms with Crippen LogP contribution in [0.1, 0.15) is 39.0 Å². The van der Waals surface area contributed by atoms with Gasteiger partial charge < -0.3 is 10.2 Å². The van der Waals surface area contributed by atoms with Gasteiger partial charge in [-0.15, -0.1) is 23.4 Å². The predicted octanol–water partition coefficient (Wildman–Crippen LogP) is 1.76. The van der Waals surface area contributed by atoms with Crippen LogP contribution in [-0.4, -0.2) is 52.5 Å². The first-order valence-electron chi connectivity index (χ1n) is 8.63. The minimum atomic E-state index is -0.224. The highest BCUT2D eigenvalue weighted by Crippen LogP contribution is 2.31. The largest absolute Gasteiger partial charge is 0.342 e. The summed E-state index contributed by atoms with van der Waals surface area (Å²) in [4.78, 5) is 26.5. The van der Waals surface area contributed by atoms with Crippen molar-refractivity contribution in [3.05, 3.63) is 0 Å². The highest BCUT2D eigenvalue weighted by molar-refractivity contribution is 8.00. The molecule has 2 aliphatic heterocycles. The molecular weight excluding hydrogens is 334 g/mol. The molecule has 2 heterocycles. The third-order valence-corrected chi connectivity index (χ3v) is 6.93. The summed E-state index contributed by atoms with van der Waals surface area (Å²) in [6.45, 7) is 3.36. The third-order valence-electron chi connectivity index (χ3n) is 5.08. The van der Waals surface area contributed by atoms with Gasteiger partial charge in [0.25, 0.3) is 0 Å². The normalized spacial score (nSPS) is 38.1. The van der Waals surface area contributed by atoms with Gasteiger partial charge in [-0.3, -0.25) is 14.9 Å². The van der Waals surface area contributed by atoms with Gasteiger partial charge in [0.1, 0.15) is 5.50 Å². The molecule has 0 aromatic rings. The predicted molar refractivity (Wildman–Crippen MR) is 93.3 cm³/mol. The summed E-state index contributed by atoms with van der Waals surface area (Å²) >= 11 is 8.12. The van der Waals surface area contributed by atoms with Crippen LogP contribution in [0.4, 0.5) is 0 Å². The molecule has 3 aliphatic rings. The van der Waals surface area contributed by atoms with Crippen molar-refractivity contribution < 1.29 is 9.59 Å². The Bertz CT molecular complexity index is 465. The second kappa shape index (κ2) is 7.62. The molecule has 2 saturated heterocycles. The SMILES string of the molecule is CC1CSC(NC(=O)[C@H]2CC(=O)N(CC3CCCCC3Cl)C2)N1. The van der Waals surface area contributed by atoms with Crippen molar-refractivity contribution in [1.82, 2.24) is 15.5 Å². The third kappa shape index (κ3) is 4.34. The van der Waals surface area contributed by atoms with E-state index in [2.05, 4.69) is 17.6 Å². The molecule has 5 atom stereocenters. The molecule has 1 saturated carbocycles. The van der Waals surface area contributed by atoms with Crippen LogP contribution in [-0.2, 0) is 9.59 Å². The van der Waals surface area contributed by atoms with E-state index >= 15 is 0 Å². The maximum Gasteiger partial charge on any atom is 0.227 e. The number of alkyl halides is 1. The van der Waals surface area contributed by atoms with Crippen LogP contribution in [0.5, 0.6) is 0 Å². The summed E-state index contributed by atoms with van der Waals surface area (Å²) in [6.07, 6.45) is 4.85. The van der Waals surface area contributed by atoms with Crippen molar-refractivity contribution in [2.24, 2.45) is 11.8 Å². The van der Waals surface area contributed by atoms with Crippen molar-refractivity contribution in [3.8, 4) is 0 Å². The second-order valence-corrected chi connectivity index (χ2v) is 8.75. The molecule has 2 amide bonds. The van der Waals surface area contributed by atoms with E-state index in [0.29, 0.717) is 31.5 Å². The Morgan fingerprint density at radius 2 is 2.22 bits per heavy atom. The molecule has 5 nitrogen and oxygen atoms in total. The average Bonchev–Trinajstić information content (AvgIpc) is 3.08. The van der Waals surface area contributed by atoms with E-state index in [-0.39, 0.29) is 28.6 Å². The van der Waals surface area contributed by atoms with E-state index in [4.69, 9.17) is 11.6 Å². The molecule has 0 bridgehead atoms. The van der Waals surface area contributed by atoms with Crippen LogP contribution < -0.4 is 10.6 Å². The van der Waals surface area contributed by atoms with Crippen molar-refractivity contribution in [2.45, 2.75) is 55.9 Å². The summed E-state index contributed by atoms with van der Waals surface area (Å²) < 4.78 is 0. The molecule has 130 valence electrons. The quantitative estimate of drug-likeness (QED) is 0.751. The van der Waals surface area contributed by atoms with Gasteiger partial charge in [-0.1, -0.05) is 12.8 Å². The van der Waals surface area contributed by atoms with Crippen LogP contribution in [0.3, 0.4) is 0 Å². The molecule has 0 aromatic heterocycles. The Hall–Kier alpha value is -0.460. The zero-order chi connectivity index (χ0) is 16.4. The van der Waals surface area contributed by atoms with E-state index in [9.17, 15) is 9.59 Å². The number of rotatable bonds is 4. The summed E-state index contributed by atoms with van der Waals surface area (Å²) in [6, 6.07) is 0.416. The molecular formula is C16H26ClN3O2S. The Labute approximate surface area is 147 Å². The summed E-state index contributed by atoms with van der Waals surface area (Å²) in [5.74, 6) is 1.24. The lowest BCUT2D eigenvalue weighted by Gasteiger charge is -2.30. The minimum absolute atomic E-state index is 0.00832. The van der Waals surface area contributed by atoms with Crippen LogP contribution in [0.25, 0.3) is 0 Å². The van der Waals surface area contributed by atoms with Crippen molar-refractivity contribution in [2.75, 3.05) is 18.8 Å². The zero-order valence-corrected chi connectivity index (χ0v) is 15.2. The molecule has 0 radical (unpaired) electrons. The van der Waals surface area contributed by atoms with Gasteiger partial charge in [0.05, 0.1) is 5.92 Å². The maximum absolute atomic E-state index is 12.4. The first-order valence-corrected chi connectivity index (χ1v) is 10.1. The number of thioether (sulfide) groups is 1. The fourth-order valence-electron chi connectivity index (χ4n) is 3.70. The van der Waals surface area contributed by atoms with Gasteiger partial charge in [0.2, 0.25) is 11.8 Å². The topological polar surface area (TPSA) is 61.4 Å². The number of halogens is 1. The van der Waals surface area contributed by atoms with Crippen LogP contribution in [0.2, 0.25) is 0 Å². The van der Waals surface area contributed by atoms with Crippen molar-refractivity contribution >= 4 is 35.2 Å². The van der Waals surface area contributed by atoms with Crippen molar-refractivity contribution in [3.63, 3.8) is 0 Å². The molecule has 0 aromatic carbocycles. The van der Waals surface area contributed by atoms with Crippen LogP contribution in [0, 0.1) is 11.8 Å². The van der Waals surface area contributed by atoms with Gasteiger partial charge in [-0.25, -0.2) is 0 Å². The summed E-state index contributed by atoms with van der Waals surface area (Å²) in [7, 11) is 0. The summed E-state index contributed by atoms with van der Waals surface area (Å²) in [5.41, 5.74) is -0.0211. The molecule has 23 heavy (non-hydrogen) atoms. The smallest absolute Gasteiger partial charge is 0.227 e. The number of carbonyl (C=O) groups is 2. The van der Waals surface area contributed by atoms with Crippen molar-refractivity contribution in [1.29, 1.82) is 0 Å². The molecule has 1 aliphatic carbocycles. The van der Waals surface area contributed by atoms with E-state index in [1.807, 2.05) is 4.90 Å². The molecule has 0 spiro atoms. The van der Waals surface area contributed by atoms with Gasteiger partial charge in [-0.05, 0) is 25.7 Å². The standard InChI is InChI=1S/C16H26ClN3O2S/c1-10-9-23-16(18-10)19-15(22)12-6-14(21)20(8-12)7-11-4-2-3-5-13(11)17/h10-13,16,18H,2-9H2,1H3,(H,19,22)/t10?,11?,12-,13?,16?/m0/s1. The number of carbonyl (C=O) groups excluding carboxylic acids is 2. The Morgan fingerprint density at radius 1 is 1.43 bits per heavy atom. The Kier molecular flexibility index (Phi) is 5.75. The number of hydrogen-bond donors (Lipinski definition) is 2. The minimum Gasteiger partial charge on any atom is -0.342 e. The monoisotopic (exact) mass is 359 g/mol. The number of nitrogens with zero attached hydrogens (tertiary/aromatic N) is 1. The molecule has 2 N–H and O–H groups in total. The Balaban J connectivity index is 1.49. The Morgan fingerprint density at radius 3 is 2.91 bits per heavy atom. The van der Waals surface area contributed by atoms with E-state index in [1.165, 1.54) is 12.8 Å². The van der Waals surface area contributed by atoms with Crippen LogP contribution in [0.15, 0.2) is 0 Å². The second-order valence-electron chi connectivity index (χ2n) is 7.05. The van der Waals surface area contributed by atoms with E-state index in [0.717, 1.165) is 18.6 Å². The zero-order valence-electron chi connectivity index (χ0n) is 13.6. The van der Waals surface area contributed by atoms with Gasteiger partial charge in [0.15, 0.2) is 0 Å². The lowest BCUT2D eigenvalue weighted by Crippen LogP contribution is -2.45. The maximum atomic E-state index is 12.4. The molecule has 7 heteroatoms. The summed E-state index contributed by atoms with van der Waals surface area (Å²) in [5, 5.41) is 6.50. The highest BCUT2D eigenvalue weighted by atomic mass is 35.5. The van der Waals surface area contributed by atoms with E-state index in [1.54, 1.807) is 11.8 Å². The molecule has 4 unspecified atom stereocenters. The first kappa shape index (κ1) is 17.4. The number of hydrogen-bond acceptors (Lipinski definition) is 4. The van der Waals surface area contributed by atoms with E-state index < -0.39 is 0 Å². The number of likely N-dealkylation sites (tertiary alicyclic amines) is 1. The fourth-order valence-corrected chi connectivity index (χ4v) is 5.17. The number of nitrogens with one attached hydrogen (secondary N) is 2. The lowest BCUT2D eigenvalue weighted by atomic mass is 9.88. The van der Waals surface area contributed by atoms with Gasteiger partial charge in [0, 0.05) is 36.7 Å². The fraction of sp³-hybridized carbons (Fsp3) is 0.875. The molecule has 3 fully saturated rings. The van der Waals surface area contributed by atoms with Gasteiger partial charge >= 0.3 is 0 Å². The van der Waals surface area contributed by atoms with Gasteiger partial charge in [-0.2, -0.15) is 0 Å². The van der Waals surface area contributed by atoms with Crippen LogP contribution >= 0.6 is 23.4 Å². The number of amides is 2.